The van der Waals surface area contributed by atoms with Gasteiger partial charge in [0, 0.05) is 20.6 Å². The van der Waals surface area contributed by atoms with Crippen molar-refractivity contribution < 1.29 is 13.2 Å². The fourth-order valence-electron chi connectivity index (χ4n) is 0.950. The molecule has 15 heavy (non-hydrogen) atoms. The van der Waals surface area contributed by atoms with Crippen LogP contribution >= 0.6 is 59.1 Å². The Morgan fingerprint density at radius 3 is 2.33 bits per heavy atom. The summed E-state index contributed by atoms with van der Waals surface area (Å²) >= 11 is 11.3. The molecule has 1 unspecified atom stereocenters. The highest BCUT2D eigenvalue weighted by Gasteiger charge is 2.28. The number of thiophene rings is 1. The van der Waals surface area contributed by atoms with Crippen molar-refractivity contribution >= 4 is 59.1 Å². The first kappa shape index (κ1) is 14.0. The van der Waals surface area contributed by atoms with Crippen molar-refractivity contribution in [2.75, 3.05) is 0 Å². The summed E-state index contributed by atoms with van der Waals surface area (Å²) in [6.45, 7) is 0. The Labute approximate surface area is 115 Å². The van der Waals surface area contributed by atoms with E-state index in [1.807, 2.05) is 6.07 Å². The van der Waals surface area contributed by atoms with Crippen molar-refractivity contribution in [3.8, 4) is 0 Å². The third-order valence-electron chi connectivity index (χ3n) is 1.65. The minimum Gasteiger partial charge on any atom is -0.171 e. The molecule has 1 aromatic rings. The summed E-state index contributed by atoms with van der Waals surface area (Å²) < 4.78 is 37.7. The van der Waals surface area contributed by atoms with Gasteiger partial charge in [-0.05, 0) is 44.3 Å². The molecule has 0 radical (unpaired) electrons. The summed E-state index contributed by atoms with van der Waals surface area (Å²) in [5.41, 5.74) is 0. The second-order valence-electron chi connectivity index (χ2n) is 2.89. The maximum atomic E-state index is 12.0. The molecule has 0 N–H and O–H groups in total. The van der Waals surface area contributed by atoms with Gasteiger partial charge in [-0.3, -0.25) is 0 Å². The molecule has 0 aromatic carbocycles. The van der Waals surface area contributed by atoms with Gasteiger partial charge < -0.3 is 0 Å². The predicted molar refractivity (Wildman–Crippen MR) is 66.7 cm³/mol. The molecule has 0 aliphatic heterocycles. The summed E-state index contributed by atoms with van der Waals surface area (Å²) in [5, 5.41) is 0. The lowest BCUT2D eigenvalue weighted by molar-refractivity contribution is -0.135. The second-order valence-corrected chi connectivity index (χ2v) is 7.25. The van der Waals surface area contributed by atoms with Gasteiger partial charge in [0.2, 0.25) is 0 Å². The summed E-state index contributed by atoms with van der Waals surface area (Å²) in [6, 6.07) is 1.82. The molecule has 0 nitrogen and oxygen atoms in total. The van der Waals surface area contributed by atoms with E-state index in [0.717, 1.165) is 13.1 Å². The molecule has 0 aliphatic carbocycles. The Morgan fingerprint density at radius 1 is 1.33 bits per heavy atom. The Balaban J connectivity index is 2.58. The molecule has 1 atom stereocenters. The van der Waals surface area contributed by atoms with Crippen LogP contribution in [0, 0.1) is 0 Å². The third-order valence-corrected chi connectivity index (χ3v) is 6.28. The molecule has 0 amide bonds. The number of rotatable bonds is 3. The van der Waals surface area contributed by atoms with E-state index in [4.69, 9.17) is 0 Å². The van der Waals surface area contributed by atoms with Gasteiger partial charge in [0.05, 0.1) is 3.79 Å². The molecule has 0 spiro atoms. The van der Waals surface area contributed by atoms with Crippen LogP contribution in [0.3, 0.4) is 0 Å². The van der Waals surface area contributed by atoms with Gasteiger partial charge >= 0.3 is 6.18 Å². The van der Waals surface area contributed by atoms with Crippen molar-refractivity contribution in [2.45, 2.75) is 23.8 Å². The van der Waals surface area contributed by atoms with Gasteiger partial charge in [-0.2, -0.15) is 13.2 Å². The van der Waals surface area contributed by atoms with Crippen molar-refractivity contribution in [1.29, 1.82) is 0 Å². The van der Waals surface area contributed by atoms with Gasteiger partial charge in [0.1, 0.15) is 0 Å². The average Bonchev–Trinajstić information content (AvgIpc) is 2.42. The molecule has 1 heterocycles. The smallest absolute Gasteiger partial charge is 0.171 e. The Hall–Kier alpha value is 0.930. The zero-order chi connectivity index (χ0) is 11.6. The van der Waals surface area contributed by atoms with E-state index in [2.05, 4.69) is 47.8 Å². The van der Waals surface area contributed by atoms with Crippen molar-refractivity contribution in [3.63, 3.8) is 0 Å². The number of hydrogen-bond donors (Lipinski definition) is 0. The largest absolute Gasteiger partial charge is 0.389 e. The SMILES string of the molecule is FC(F)(F)CCC(Br)c1cc(Br)c(Br)s1. The highest BCUT2D eigenvalue weighted by Crippen LogP contribution is 2.41. The molecular formula is C8H6Br3F3S. The van der Waals surface area contributed by atoms with Crippen LogP contribution in [0.4, 0.5) is 13.2 Å². The first-order chi connectivity index (χ1) is 6.79. The van der Waals surface area contributed by atoms with Crippen molar-refractivity contribution in [1.82, 2.24) is 0 Å². The minimum absolute atomic E-state index is 0.0584. The van der Waals surface area contributed by atoms with Gasteiger partial charge in [-0.1, -0.05) is 15.9 Å². The van der Waals surface area contributed by atoms with Crippen LogP contribution in [0.2, 0.25) is 0 Å². The normalized spacial score (nSPS) is 14.3. The van der Waals surface area contributed by atoms with E-state index >= 15 is 0 Å². The van der Waals surface area contributed by atoms with Crippen LogP contribution in [0.25, 0.3) is 0 Å². The summed E-state index contributed by atoms with van der Waals surface area (Å²) in [5.74, 6) is 0. The molecule has 0 bridgehead atoms. The monoisotopic (exact) mass is 428 g/mol. The number of hydrogen-bond acceptors (Lipinski definition) is 1. The lowest BCUT2D eigenvalue weighted by Gasteiger charge is -2.09. The molecule has 0 saturated carbocycles. The topological polar surface area (TPSA) is 0 Å². The van der Waals surface area contributed by atoms with Crippen LogP contribution in [-0.4, -0.2) is 6.18 Å². The van der Waals surface area contributed by atoms with E-state index in [-0.39, 0.29) is 11.2 Å². The molecule has 7 heteroatoms. The first-order valence-corrected chi connectivity index (χ1v) is 7.27. The third kappa shape index (κ3) is 4.75. The number of halogens is 6. The van der Waals surface area contributed by atoms with Gasteiger partial charge in [-0.25, -0.2) is 0 Å². The molecule has 0 fully saturated rings. The maximum Gasteiger partial charge on any atom is 0.389 e. The lowest BCUT2D eigenvalue weighted by atomic mass is 10.2. The quantitative estimate of drug-likeness (QED) is 0.512. The van der Waals surface area contributed by atoms with Crippen LogP contribution in [-0.2, 0) is 0 Å². The fourth-order valence-corrected chi connectivity index (χ4v) is 3.69. The van der Waals surface area contributed by atoms with Crippen LogP contribution in [0.1, 0.15) is 22.5 Å². The van der Waals surface area contributed by atoms with Crippen molar-refractivity contribution in [3.05, 3.63) is 19.2 Å². The molecule has 1 aromatic heterocycles. The van der Waals surface area contributed by atoms with E-state index in [9.17, 15) is 13.2 Å². The van der Waals surface area contributed by atoms with Gasteiger partial charge in [-0.15, -0.1) is 11.3 Å². The first-order valence-electron chi connectivity index (χ1n) is 3.95. The molecule has 0 saturated heterocycles. The van der Waals surface area contributed by atoms with E-state index in [1.54, 1.807) is 0 Å². The Morgan fingerprint density at radius 2 is 1.93 bits per heavy atom. The lowest BCUT2D eigenvalue weighted by Crippen LogP contribution is -2.07. The molecule has 86 valence electrons. The van der Waals surface area contributed by atoms with Crippen LogP contribution in [0.15, 0.2) is 14.3 Å². The Bertz CT molecular complexity index is 315. The van der Waals surface area contributed by atoms with E-state index in [1.165, 1.54) is 11.3 Å². The number of alkyl halides is 4. The van der Waals surface area contributed by atoms with E-state index in [0.29, 0.717) is 0 Å². The predicted octanol–water partition coefficient (Wildman–Crippen LogP) is 6.05. The fraction of sp³-hybridized carbons (Fsp3) is 0.500. The summed E-state index contributed by atoms with van der Waals surface area (Å²) in [4.78, 5) is 0.643. The Kier molecular flexibility index (Phi) is 5.14. The van der Waals surface area contributed by atoms with Crippen LogP contribution in [0.5, 0.6) is 0 Å². The van der Waals surface area contributed by atoms with Gasteiger partial charge in [0.15, 0.2) is 0 Å². The molecule has 1 rings (SSSR count). The average molecular weight is 431 g/mol. The standard InChI is InChI=1S/C8H6Br3F3S/c9-4(1-2-8(12,13)14)6-3-5(10)7(11)15-6/h3-4H,1-2H2. The minimum atomic E-state index is -4.09. The van der Waals surface area contributed by atoms with Crippen LogP contribution < -0.4 is 0 Å². The van der Waals surface area contributed by atoms with Gasteiger partial charge in [0.25, 0.3) is 0 Å². The van der Waals surface area contributed by atoms with E-state index < -0.39 is 12.6 Å². The van der Waals surface area contributed by atoms with Crippen molar-refractivity contribution in [2.24, 2.45) is 0 Å². The summed E-state index contributed by atoms with van der Waals surface area (Å²) in [7, 11) is 0. The maximum absolute atomic E-state index is 12.0. The highest BCUT2D eigenvalue weighted by molar-refractivity contribution is 9.13. The molecular weight excluding hydrogens is 425 g/mol. The zero-order valence-corrected chi connectivity index (χ0v) is 12.8. The second kappa shape index (κ2) is 5.51. The summed E-state index contributed by atoms with van der Waals surface area (Å²) in [6.07, 6.45) is -4.79. The molecule has 0 aliphatic rings. The zero-order valence-electron chi connectivity index (χ0n) is 7.24. The highest BCUT2D eigenvalue weighted by atomic mass is 79.9.